The summed E-state index contributed by atoms with van der Waals surface area (Å²) in [5.74, 6) is -0.154. The molecule has 0 heterocycles. The van der Waals surface area contributed by atoms with Crippen molar-refractivity contribution in [3.63, 3.8) is 0 Å². The number of aryl methyl sites for hydroxylation is 1. The number of benzene rings is 1. The molecule has 1 aromatic rings. The maximum absolute atomic E-state index is 11.3. The second-order valence-electron chi connectivity index (χ2n) is 3.15. The molecule has 1 aromatic carbocycles. The average Bonchev–Trinajstić information content (AvgIpc) is 2.09. The summed E-state index contributed by atoms with van der Waals surface area (Å²) in [5, 5.41) is 2.90. The van der Waals surface area contributed by atoms with E-state index in [1.807, 2.05) is 13.0 Å². The lowest BCUT2D eigenvalue weighted by Crippen LogP contribution is -2.20. The molecule has 0 bridgehead atoms. The summed E-state index contributed by atoms with van der Waals surface area (Å²) in [4.78, 5) is 11.3. The Hall–Kier alpha value is -0.670. The molecule has 0 aliphatic rings. The fraction of sp³-hybridized carbons (Fsp3) is 0.300. The van der Waals surface area contributed by atoms with Gasteiger partial charge in [-0.15, -0.1) is 0 Å². The molecule has 1 N–H and O–H groups in total. The lowest BCUT2D eigenvalue weighted by molar-refractivity contribution is -0.115. The monoisotopic (exact) mass is 229 g/mol. The lowest BCUT2D eigenvalue weighted by Gasteiger charge is -2.09. The Morgan fingerprint density at radius 2 is 2.21 bits per heavy atom. The van der Waals surface area contributed by atoms with Crippen molar-refractivity contribution >= 4 is 35.8 Å². The quantitative estimate of drug-likeness (QED) is 0.751. The van der Waals surface area contributed by atoms with E-state index in [0.717, 1.165) is 5.56 Å². The number of halogens is 1. The van der Waals surface area contributed by atoms with Crippen LogP contribution in [0.15, 0.2) is 18.2 Å². The number of carbonyl (C=O) groups is 1. The van der Waals surface area contributed by atoms with E-state index in [4.69, 9.17) is 11.6 Å². The van der Waals surface area contributed by atoms with Crippen LogP contribution in [0.25, 0.3) is 0 Å². The third-order valence-corrected chi connectivity index (χ3v) is 2.31. The lowest BCUT2D eigenvalue weighted by atomic mass is 10.2. The minimum atomic E-state index is -0.340. The number of anilines is 1. The molecule has 0 fully saturated rings. The minimum absolute atomic E-state index is 0.154. The smallest absolute Gasteiger partial charge is 0.236 e. The minimum Gasteiger partial charge on any atom is -0.324 e. The van der Waals surface area contributed by atoms with Crippen molar-refractivity contribution in [1.29, 1.82) is 0 Å². The number of hydrogen-bond acceptors (Lipinski definition) is 2. The predicted molar refractivity (Wildman–Crippen MR) is 63.3 cm³/mol. The van der Waals surface area contributed by atoms with Gasteiger partial charge in [-0.1, -0.05) is 17.7 Å². The predicted octanol–water partition coefficient (Wildman–Crippen LogP) is 2.91. The molecule has 0 saturated carbocycles. The van der Waals surface area contributed by atoms with E-state index in [1.54, 1.807) is 19.1 Å². The first kappa shape index (κ1) is 11.4. The molecule has 2 nitrogen and oxygen atoms in total. The largest absolute Gasteiger partial charge is 0.324 e. The molecular formula is C10H12ClNOS. The van der Waals surface area contributed by atoms with Crippen LogP contribution in [-0.2, 0) is 4.79 Å². The van der Waals surface area contributed by atoms with Crippen molar-refractivity contribution in [3.8, 4) is 0 Å². The van der Waals surface area contributed by atoms with Gasteiger partial charge in [0.05, 0.1) is 16.0 Å². The van der Waals surface area contributed by atoms with Crippen LogP contribution in [0.3, 0.4) is 0 Å². The van der Waals surface area contributed by atoms with Crippen LogP contribution in [0.2, 0.25) is 5.02 Å². The second-order valence-corrected chi connectivity index (χ2v) is 4.33. The Labute approximate surface area is 94.1 Å². The van der Waals surface area contributed by atoms with E-state index >= 15 is 0 Å². The van der Waals surface area contributed by atoms with E-state index in [2.05, 4.69) is 17.9 Å². The van der Waals surface area contributed by atoms with Crippen LogP contribution in [0.1, 0.15) is 12.5 Å². The van der Waals surface area contributed by atoms with Crippen molar-refractivity contribution < 1.29 is 4.79 Å². The highest BCUT2D eigenvalue weighted by Crippen LogP contribution is 2.22. The standard InChI is InChI=1S/C10H12ClNOS/c1-6-3-4-9(8(11)5-6)12-10(13)7(2)14/h3-5,7,14H,1-2H3,(H,12,13). The van der Waals surface area contributed by atoms with Gasteiger partial charge in [0.2, 0.25) is 5.91 Å². The molecule has 0 aromatic heterocycles. The van der Waals surface area contributed by atoms with Crippen molar-refractivity contribution in [3.05, 3.63) is 28.8 Å². The number of carbonyl (C=O) groups excluding carboxylic acids is 1. The van der Waals surface area contributed by atoms with Gasteiger partial charge in [0.25, 0.3) is 0 Å². The number of amides is 1. The molecule has 0 spiro atoms. The fourth-order valence-electron chi connectivity index (χ4n) is 0.959. The van der Waals surface area contributed by atoms with Gasteiger partial charge >= 0.3 is 0 Å². The molecular weight excluding hydrogens is 218 g/mol. The normalized spacial score (nSPS) is 12.3. The van der Waals surface area contributed by atoms with Gasteiger partial charge in [-0.3, -0.25) is 4.79 Å². The van der Waals surface area contributed by atoms with Crippen molar-refractivity contribution in [2.45, 2.75) is 19.1 Å². The van der Waals surface area contributed by atoms with Gasteiger partial charge in [-0.05, 0) is 31.5 Å². The number of rotatable bonds is 2. The van der Waals surface area contributed by atoms with Gasteiger partial charge in [0.15, 0.2) is 0 Å². The van der Waals surface area contributed by atoms with Crippen molar-refractivity contribution in [2.75, 3.05) is 5.32 Å². The molecule has 0 saturated heterocycles. The Morgan fingerprint density at radius 3 is 2.71 bits per heavy atom. The summed E-state index contributed by atoms with van der Waals surface area (Å²) in [5.41, 5.74) is 1.69. The van der Waals surface area contributed by atoms with Crippen LogP contribution in [0.5, 0.6) is 0 Å². The topological polar surface area (TPSA) is 29.1 Å². The number of thiol groups is 1. The second kappa shape index (κ2) is 4.71. The highest BCUT2D eigenvalue weighted by Gasteiger charge is 2.09. The Balaban J connectivity index is 2.82. The van der Waals surface area contributed by atoms with Crippen molar-refractivity contribution in [1.82, 2.24) is 0 Å². The van der Waals surface area contributed by atoms with E-state index < -0.39 is 0 Å². The summed E-state index contributed by atoms with van der Waals surface area (Å²) in [7, 11) is 0. The summed E-state index contributed by atoms with van der Waals surface area (Å²) in [6, 6.07) is 5.48. The first-order valence-corrected chi connectivity index (χ1v) is 5.15. The fourth-order valence-corrected chi connectivity index (χ4v) is 1.31. The molecule has 0 aliphatic heterocycles. The Morgan fingerprint density at radius 1 is 1.57 bits per heavy atom. The maximum Gasteiger partial charge on any atom is 0.236 e. The third-order valence-electron chi connectivity index (χ3n) is 1.76. The summed E-state index contributed by atoms with van der Waals surface area (Å²) in [6.45, 7) is 3.65. The van der Waals surface area contributed by atoms with Gasteiger partial charge in [-0.25, -0.2) is 0 Å². The highest BCUT2D eigenvalue weighted by molar-refractivity contribution is 7.81. The molecule has 4 heteroatoms. The SMILES string of the molecule is Cc1ccc(NC(=O)C(C)S)c(Cl)c1. The summed E-state index contributed by atoms with van der Waals surface area (Å²) >= 11 is 9.96. The van der Waals surface area contributed by atoms with E-state index in [9.17, 15) is 4.79 Å². The van der Waals surface area contributed by atoms with E-state index in [0.29, 0.717) is 10.7 Å². The van der Waals surface area contributed by atoms with Crippen LogP contribution in [0.4, 0.5) is 5.69 Å². The zero-order valence-corrected chi connectivity index (χ0v) is 9.69. The molecule has 0 aliphatic carbocycles. The summed E-state index contributed by atoms with van der Waals surface area (Å²) in [6.07, 6.45) is 0. The molecule has 1 rings (SSSR count). The van der Waals surface area contributed by atoms with Gasteiger partial charge in [0.1, 0.15) is 0 Å². The highest BCUT2D eigenvalue weighted by atomic mass is 35.5. The number of hydrogen-bond donors (Lipinski definition) is 2. The van der Waals surface area contributed by atoms with Crippen LogP contribution in [0, 0.1) is 6.92 Å². The van der Waals surface area contributed by atoms with Gasteiger partial charge in [0, 0.05) is 0 Å². The van der Waals surface area contributed by atoms with Gasteiger partial charge in [-0.2, -0.15) is 12.6 Å². The number of nitrogens with one attached hydrogen (secondary N) is 1. The van der Waals surface area contributed by atoms with Crippen LogP contribution >= 0.6 is 24.2 Å². The zero-order valence-electron chi connectivity index (χ0n) is 8.04. The first-order chi connectivity index (χ1) is 6.50. The third kappa shape index (κ3) is 2.93. The van der Waals surface area contributed by atoms with Crippen LogP contribution < -0.4 is 5.32 Å². The van der Waals surface area contributed by atoms with Crippen LogP contribution in [-0.4, -0.2) is 11.2 Å². The molecule has 14 heavy (non-hydrogen) atoms. The Bertz CT molecular complexity index is 352. The van der Waals surface area contributed by atoms with E-state index in [-0.39, 0.29) is 11.2 Å². The van der Waals surface area contributed by atoms with E-state index in [1.165, 1.54) is 0 Å². The first-order valence-electron chi connectivity index (χ1n) is 4.26. The molecule has 1 atom stereocenters. The average molecular weight is 230 g/mol. The molecule has 1 unspecified atom stereocenters. The Kier molecular flexibility index (Phi) is 3.84. The molecule has 0 radical (unpaired) electrons. The summed E-state index contributed by atoms with van der Waals surface area (Å²) < 4.78 is 0. The van der Waals surface area contributed by atoms with Gasteiger partial charge < -0.3 is 5.32 Å². The maximum atomic E-state index is 11.3. The molecule has 1 amide bonds. The van der Waals surface area contributed by atoms with Crippen molar-refractivity contribution in [2.24, 2.45) is 0 Å². The molecule has 76 valence electrons. The zero-order chi connectivity index (χ0) is 10.7.